The third kappa shape index (κ3) is 5.31. The normalized spacial score (nSPS) is 14.3. The van der Waals surface area contributed by atoms with E-state index in [4.69, 9.17) is 4.74 Å². The maximum absolute atomic E-state index is 12.9. The van der Waals surface area contributed by atoms with Crippen LogP contribution in [0.4, 0.5) is 0 Å². The van der Waals surface area contributed by atoms with E-state index in [0.717, 1.165) is 28.7 Å². The Kier molecular flexibility index (Phi) is 6.68. The van der Waals surface area contributed by atoms with Crippen LogP contribution in [-0.4, -0.2) is 35.6 Å². The van der Waals surface area contributed by atoms with Crippen molar-refractivity contribution >= 4 is 5.91 Å². The predicted octanol–water partition coefficient (Wildman–Crippen LogP) is 5.28. The highest BCUT2D eigenvalue weighted by molar-refractivity contribution is 5.95. The van der Waals surface area contributed by atoms with E-state index in [1.54, 1.807) is 12.4 Å². The first-order valence-electron chi connectivity index (χ1n) is 12.0. The molecule has 0 aliphatic carbocycles. The summed E-state index contributed by atoms with van der Waals surface area (Å²) in [6.45, 7) is 4.13. The molecule has 1 aliphatic rings. The van der Waals surface area contributed by atoms with Gasteiger partial charge in [-0.25, -0.2) is 0 Å². The number of pyridine rings is 2. The summed E-state index contributed by atoms with van der Waals surface area (Å²) in [5.41, 5.74) is 6.36. The molecule has 5 heteroatoms. The minimum absolute atomic E-state index is 0.0352. The van der Waals surface area contributed by atoms with Gasteiger partial charge in [0.2, 0.25) is 0 Å². The van der Waals surface area contributed by atoms with Gasteiger partial charge in [0.15, 0.2) is 0 Å². The molecule has 5 nitrogen and oxygen atoms in total. The monoisotopic (exact) mass is 463 g/mol. The van der Waals surface area contributed by atoms with Gasteiger partial charge >= 0.3 is 0 Å². The lowest BCUT2D eigenvalue weighted by atomic mass is 9.85. The average molecular weight is 464 g/mol. The Morgan fingerprint density at radius 3 is 2.29 bits per heavy atom. The second kappa shape index (κ2) is 10.2. The zero-order valence-electron chi connectivity index (χ0n) is 19.9. The molecule has 4 aromatic rings. The van der Waals surface area contributed by atoms with Crippen LogP contribution in [0.3, 0.4) is 0 Å². The first-order chi connectivity index (χ1) is 17.1. The maximum Gasteiger partial charge on any atom is 0.251 e. The number of nitrogens with zero attached hydrogens (tertiary/aromatic N) is 2. The Morgan fingerprint density at radius 2 is 1.66 bits per heavy atom. The van der Waals surface area contributed by atoms with Gasteiger partial charge in [0.1, 0.15) is 0 Å². The van der Waals surface area contributed by atoms with Crippen LogP contribution in [-0.2, 0) is 11.2 Å². The average Bonchev–Trinajstić information content (AvgIpc) is 2.90. The van der Waals surface area contributed by atoms with Crippen LogP contribution < -0.4 is 5.32 Å². The van der Waals surface area contributed by atoms with Gasteiger partial charge in [0.25, 0.3) is 5.91 Å². The number of benzene rings is 2. The van der Waals surface area contributed by atoms with Crippen molar-refractivity contribution in [3.05, 3.63) is 120 Å². The molecule has 2 aromatic carbocycles. The number of ether oxygens (including phenoxy) is 1. The quantitative estimate of drug-likeness (QED) is 0.386. The molecule has 3 heterocycles. The predicted molar refractivity (Wildman–Crippen MR) is 137 cm³/mol. The molecule has 35 heavy (non-hydrogen) atoms. The molecule has 1 N–H and O–H groups in total. The van der Waals surface area contributed by atoms with Crippen molar-refractivity contribution in [3.8, 4) is 11.1 Å². The SMILES string of the molecule is CC1(CNC(=O)c2cccc(-c3ccccc3CC(c3cccnc3)c3cccnc3)c2)COC1. The summed E-state index contributed by atoms with van der Waals surface area (Å²) in [5.74, 6) is 0.0662. The summed E-state index contributed by atoms with van der Waals surface area (Å²) in [5, 5.41) is 3.08. The van der Waals surface area contributed by atoms with Crippen molar-refractivity contribution in [3.63, 3.8) is 0 Å². The number of amides is 1. The lowest BCUT2D eigenvalue weighted by Crippen LogP contribution is -2.48. The number of hydrogen-bond donors (Lipinski definition) is 1. The molecular formula is C30H29N3O2. The number of aromatic nitrogens is 2. The first kappa shape index (κ1) is 22.9. The Bertz CT molecular complexity index is 1250. The van der Waals surface area contributed by atoms with Gasteiger partial charge in [-0.05, 0) is 58.5 Å². The van der Waals surface area contributed by atoms with E-state index in [9.17, 15) is 4.79 Å². The van der Waals surface area contributed by atoms with Crippen molar-refractivity contribution in [1.29, 1.82) is 0 Å². The van der Waals surface area contributed by atoms with Crippen molar-refractivity contribution in [2.45, 2.75) is 19.3 Å². The number of nitrogens with one attached hydrogen (secondary N) is 1. The van der Waals surface area contributed by atoms with Crippen LogP contribution in [0.2, 0.25) is 0 Å². The van der Waals surface area contributed by atoms with Crippen molar-refractivity contribution in [1.82, 2.24) is 15.3 Å². The van der Waals surface area contributed by atoms with Crippen molar-refractivity contribution < 1.29 is 9.53 Å². The third-order valence-electron chi connectivity index (χ3n) is 6.63. The Hall–Kier alpha value is -3.83. The Balaban J connectivity index is 1.43. The Morgan fingerprint density at radius 1 is 0.943 bits per heavy atom. The second-order valence-electron chi connectivity index (χ2n) is 9.55. The first-order valence-corrected chi connectivity index (χ1v) is 12.0. The number of rotatable bonds is 8. The van der Waals surface area contributed by atoms with Crippen molar-refractivity contribution in [2.24, 2.45) is 5.41 Å². The molecule has 2 aromatic heterocycles. The zero-order chi connectivity index (χ0) is 24.1. The lowest BCUT2D eigenvalue weighted by molar-refractivity contribution is -0.0978. The topological polar surface area (TPSA) is 64.1 Å². The van der Waals surface area contributed by atoms with Crippen LogP contribution in [0.1, 0.15) is 39.9 Å². The van der Waals surface area contributed by atoms with E-state index < -0.39 is 0 Å². The molecule has 0 unspecified atom stereocenters. The van der Waals surface area contributed by atoms with Gasteiger partial charge in [0.05, 0.1) is 13.2 Å². The smallest absolute Gasteiger partial charge is 0.251 e. The molecule has 0 atom stereocenters. The summed E-state index contributed by atoms with van der Waals surface area (Å²) >= 11 is 0. The summed E-state index contributed by atoms with van der Waals surface area (Å²) in [4.78, 5) is 21.6. The Labute approximate surface area is 206 Å². The van der Waals surface area contributed by atoms with E-state index in [1.807, 2.05) is 48.8 Å². The molecule has 0 spiro atoms. The molecule has 0 radical (unpaired) electrons. The van der Waals surface area contributed by atoms with Crippen LogP contribution >= 0.6 is 0 Å². The largest absolute Gasteiger partial charge is 0.380 e. The minimum atomic E-state index is -0.0546. The second-order valence-corrected chi connectivity index (χ2v) is 9.55. The van der Waals surface area contributed by atoms with Crippen LogP contribution in [0.25, 0.3) is 11.1 Å². The van der Waals surface area contributed by atoms with Crippen LogP contribution in [0.5, 0.6) is 0 Å². The van der Waals surface area contributed by atoms with Crippen LogP contribution in [0.15, 0.2) is 97.6 Å². The molecular weight excluding hydrogens is 434 g/mol. The van der Waals surface area contributed by atoms with E-state index in [1.165, 1.54) is 5.56 Å². The molecule has 1 amide bonds. The number of hydrogen-bond acceptors (Lipinski definition) is 4. The standard InChI is InChI=1S/C30H29N3O2/c1-30(20-35-21-30)19-33-29(34)24-9-4-8-22(15-24)27-12-3-2-7-23(27)16-28(25-10-5-13-31-17-25)26-11-6-14-32-18-26/h2-15,17-18,28H,16,19-21H2,1H3,(H,33,34). The molecule has 1 aliphatic heterocycles. The molecule has 1 saturated heterocycles. The minimum Gasteiger partial charge on any atom is -0.380 e. The molecule has 5 rings (SSSR count). The fourth-order valence-corrected chi connectivity index (χ4v) is 4.57. The van der Waals surface area contributed by atoms with E-state index in [0.29, 0.717) is 25.3 Å². The van der Waals surface area contributed by atoms with Gasteiger partial charge in [-0.3, -0.25) is 14.8 Å². The highest BCUT2D eigenvalue weighted by Gasteiger charge is 2.33. The highest BCUT2D eigenvalue weighted by atomic mass is 16.5. The molecule has 0 saturated carbocycles. The van der Waals surface area contributed by atoms with Crippen molar-refractivity contribution in [2.75, 3.05) is 19.8 Å². The van der Waals surface area contributed by atoms with E-state index in [2.05, 4.69) is 58.6 Å². The fourth-order valence-electron chi connectivity index (χ4n) is 4.57. The van der Waals surface area contributed by atoms with Gasteiger partial charge in [0, 0.05) is 48.2 Å². The highest BCUT2D eigenvalue weighted by Crippen LogP contribution is 2.33. The van der Waals surface area contributed by atoms with E-state index >= 15 is 0 Å². The fraction of sp³-hybridized carbons (Fsp3) is 0.233. The summed E-state index contributed by atoms with van der Waals surface area (Å²) in [7, 11) is 0. The van der Waals surface area contributed by atoms with Gasteiger partial charge in [-0.2, -0.15) is 0 Å². The van der Waals surface area contributed by atoms with Gasteiger partial charge < -0.3 is 10.1 Å². The van der Waals surface area contributed by atoms with E-state index in [-0.39, 0.29) is 17.2 Å². The summed E-state index contributed by atoms with van der Waals surface area (Å²) in [6, 6.07) is 24.5. The zero-order valence-corrected chi connectivity index (χ0v) is 19.9. The van der Waals surface area contributed by atoms with Crippen LogP contribution in [0, 0.1) is 5.41 Å². The summed E-state index contributed by atoms with van der Waals surface area (Å²) < 4.78 is 5.30. The summed E-state index contributed by atoms with van der Waals surface area (Å²) in [6.07, 6.45) is 8.25. The molecule has 0 bridgehead atoms. The maximum atomic E-state index is 12.9. The molecule has 176 valence electrons. The van der Waals surface area contributed by atoms with Gasteiger partial charge in [-0.1, -0.05) is 55.5 Å². The number of carbonyl (C=O) groups excluding carboxylic acids is 1. The third-order valence-corrected chi connectivity index (χ3v) is 6.63. The number of carbonyl (C=O) groups is 1. The molecule has 1 fully saturated rings. The van der Waals surface area contributed by atoms with Gasteiger partial charge in [-0.15, -0.1) is 0 Å². The lowest BCUT2D eigenvalue weighted by Gasteiger charge is -2.38.